The van der Waals surface area contributed by atoms with Crippen molar-refractivity contribution in [3.05, 3.63) is 54.1 Å². The Labute approximate surface area is 183 Å². The number of nitrogens with zero attached hydrogens (tertiary/aromatic N) is 1. The van der Waals surface area contributed by atoms with Gasteiger partial charge in [-0.3, -0.25) is 13.9 Å². The van der Waals surface area contributed by atoms with Crippen LogP contribution in [0.4, 0.5) is 11.4 Å². The van der Waals surface area contributed by atoms with Gasteiger partial charge in [-0.15, -0.1) is 0 Å². The van der Waals surface area contributed by atoms with Crippen LogP contribution in [-0.4, -0.2) is 45.2 Å². The number of carbonyl (C=O) groups is 2. The molecule has 9 heteroatoms. The Morgan fingerprint density at radius 2 is 1.65 bits per heavy atom. The third-order valence-corrected chi connectivity index (χ3v) is 5.20. The van der Waals surface area contributed by atoms with Gasteiger partial charge in [0.05, 0.1) is 29.8 Å². The van der Waals surface area contributed by atoms with Gasteiger partial charge in [0.25, 0.3) is 5.91 Å². The molecule has 0 unspecified atom stereocenters. The third-order valence-electron chi connectivity index (χ3n) is 4.06. The van der Waals surface area contributed by atoms with Crippen molar-refractivity contribution in [2.45, 2.75) is 33.2 Å². The maximum Gasteiger partial charge on any atom is 0.253 e. The molecule has 168 valence electrons. The lowest BCUT2D eigenvalue weighted by Crippen LogP contribution is -2.41. The van der Waals surface area contributed by atoms with E-state index in [2.05, 4.69) is 10.6 Å². The van der Waals surface area contributed by atoms with Crippen LogP contribution >= 0.6 is 0 Å². The monoisotopic (exact) mass is 447 g/mol. The van der Waals surface area contributed by atoms with Crippen molar-refractivity contribution in [2.24, 2.45) is 0 Å². The number of ether oxygens (including phenoxy) is 1. The summed E-state index contributed by atoms with van der Waals surface area (Å²) in [5, 5.41) is 5.50. The molecule has 0 saturated heterocycles. The molecule has 0 bridgehead atoms. The molecule has 0 saturated carbocycles. The zero-order valence-electron chi connectivity index (χ0n) is 18.4. The molecule has 2 amide bonds. The van der Waals surface area contributed by atoms with Crippen LogP contribution in [0.5, 0.6) is 5.75 Å². The summed E-state index contributed by atoms with van der Waals surface area (Å²) in [6.45, 7) is 7.45. The average Bonchev–Trinajstić information content (AvgIpc) is 2.65. The van der Waals surface area contributed by atoms with Gasteiger partial charge in [-0.1, -0.05) is 12.1 Å². The van der Waals surface area contributed by atoms with Crippen LogP contribution in [0, 0.1) is 0 Å². The molecule has 0 spiro atoms. The summed E-state index contributed by atoms with van der Waals surface area (Å²) in [4.78, 5) is 25.3. The van der Waals surface area contributed by atoms with E-state index in [0.717, 1.165) is 10.6 Å². The van der Waals surface area contributed by atoms with E-state index in [1.54, 1.807) is 48.5 Å². The molecule has 2 rings (SSSR count). The number of amides is 2. The van der Waals surface area contributed by atoms with Gasteiger partial charge in [0, 0.05) is 5.54 Å². The van der Waals surface area contributed by atoms with E-state index < -0.39 is 28.0 Å². The molecule has 0 atom stereocenters. The minimum absolute atomic E-state index is 0.290. The van der Waals surface area contributed by atoms with Gasteiger partial charge in [0.2, 0.25) is 15.9 Å². The summed E-state index contributed by atoms with van der Waals surface area (Å²) in [5.41, 5.74) is 0.474. The van der Waals surface area contributed by atoms with Crippen molar-refractivity contribution in [3.8, 4) is 5.75 Å². The summed E-state index contributed by atoms with van der Waals surface area (Å²) in [5.74, 6) is -0.312. The van der Waals surface area contributed by atoms with Crippen LogP contribution in [0.25, 0.3) is 0 Å². The second kappa shape index (κ2) is 9.82. The lowest BCUT2D eigenvalue weighted by atomic mass is 10.1. The van der Waals surface area contributed by atoms with Crippen molar-refractivity contribution in [1.29, 1.82) is 0 Å². The summed E-state index contributed by atoms with van der Waals surface area (Å²) in [6.07, 6.45) is 1.03. The second-order valence-electron chi connectivity index (χ2n) is 7.99. The van der Waals surface area contributed by atoms with Crippen LogP contribution in [0.15, 0.2) is 48.5 Å². The van der Waals surface area contributed by atoms with E-state index >= 15 is 0 Å². The Morgan fingerprint density at radius 3 is 2.19 bits per heavy atom. The van der Waals surface area contributed by atoms with Crippen molar-refractivity contribution < 1.29 is 22.7 Å². The molecule has 0 fully saturated rings. The number of anilines is 2. The molecule has 0 aliphatic rings. The molecular formula is C22H29N3O5S. The predicted molar refractivity (Wildman–Crippen MR) is 122 cm³/mol. The summed E-state index contributed by atoms with van der Waals surface area (Å²) in [6, 6.07) is 13.0. The highest BCUT2D eigenvalue weighted by atomic mass is 32.2. The van der Waals surface area contributed by atoms with Crippen molar-refractivity contribution in [2.75, 3.05) is 29.0 Å². The molecule has 31 heavy (non-hydrogen) atoms. The fraction of sp³-hybridized carbons (Fsp3) is 0.364. The number of hydrogen-bond donors (Lipinski definition) is 2. The lowest BCUT2D eigenvalue weighted by molar-refractivity contribution is -0.114. The quantitative estimate of drug-likeness (QED) is 0.647. The van der Waals surface area contributed by atoms with Gasteiger partial charge in [0.15, 0.2) is 0 Å². The van der Waals surface area contributed by atoms with Gasteiger partial charge in [-0.2, -0.15) is 0 Å². The average molecular weight is 448 g/mol. The van der Waals surface area contributed by atoms with Crippen LogP contribution in [-0.2, 0) is 14.8 Å². The van der Waals surface area contributed by atoms with Crippen LogP contribution in [0.3, 0.4) is 0 Å². The number of hydrogen-bond acceptors (Lipinski definition) is 5. The predicted octanol–water partition coefficient (Wildman–Crippen LogP) is 3.02. The summed E-state index contributed by atoms with van der Waals surface area (Å²) >= 11 is 0. The van der Waals surface area contributed by atoms with Gasteiger partial charge >= 0.3 is 0 Å². The van der Waals surface area contributed by atoms with Crippen molar-refractivity contribution in [3.63, 3.8) is 0 Å². The highest BCUT2D eigenvalue weighted by Crippen LogP contribution is 2.22. The van der Waals surface area contributed by atoms with Crippen LogP contribution in [0.2, 0.25) is 0 Å². The summed E-state index contributed by atoms with van der Waals surface area (Å²) < 4.78 is 31.0. The Kier molecular flexibility index (Phi) is 7.67. The Balaban J connectivity index is 2.22. The normalized spacial score (nSPS) is 11.5. The van der Waals surface area contributed by atoms with E-state index in [0.29, 0.717) is 23.7 Å². The molecular weight excluding hydrogens is 418 g/mol. The molecule has 8 nitrogen and oxygen atoms in total. The fourth-order valence-electron chi connectivity index (χ4n) is 2.79. The zero-order chi connectivity index (χ0) is 23.2. The van der Waals surface area contributed by atoms with Gasteiger partial charge in [-0.25, -0.2) is 8.42 Å². The second-order valence-corrected chi connectivity index (χ2v) is 9.90. The molecule has 2 N–H and O–H groups in total. The first-order valence-electron chi connectivity index (χ1n) is 9.82. The Bertz CT molecular complexity index is 1030. The standard InChI is InChI=1S/C22H29N3O5S/c1-6-30-17-13-11-16(12-14-17)25(31(5,28)29)15-20(26)23-19-10-8-7-9-18(19)21(27)24-22(2,3)4/h7-14H,6,15H2,1-5H3,(H,23,26)(H,24,27). The first-order valence-corrected chi connectivity index (χ1v) is 11.7. The molecule has 0 radical (unpaired) electrons. The maximum absolute atomic E-state index is 12.7. The number of para-hydroxylation sites is 1. The molecule has 0 aliphatic carbocycles. The first kappa shape index (κ1) is 24.2. The zero-order valence-corrected chi connectivity index (χ0v) is 19.2. The van der Waals surface area contributed by atoms with E-state index in [-0.39, 0.29) is 11.5 Å². The number of rotatable bonds is 8. The van der Waals surface area contributed by atoms with E-state index in [1.165, 1.54) is 0 Å². The van der Waals surface area contributed by atoms with Gasteiger partial charge < -0.3 is 15.4 Å². The first-order chi connectivity index (χ1) is 14.4. The fourth-order valence-corrected chi connectivity index (χ4v) is 3.65. The molecule has 2 aromatic carbocycles. The largest absolute Gasteiger partial charge is 0.494 e. The molecule has 2 aromatic rings. The van der Waals surface area contributed by atoms with E-state index in [9.17, 15) is 18.0 Å². The highest BCUT2D eigenvalue weighted by molar-refractivity contribution is 7.92. The number of nitrogens with one attached hydrogen (secondary N) is 2. The SMILES string of the molecule is CCOc1ccc(N(CC(=O)Nc2ccccc2C(=O)NC(C)(C)C)S(C)(=O)=O)cc1. The Morgan fingerprint density at radius 1 is 1.03 bits per heavy atom. The Hall–Kier alpha value is -3.07. The minimum atomic E-state index is -3.73. The smallest absolute Gasteiger partial charge is 0.253 e. The van der Waals surface area contributed by atoms with Crippen LogP contribution in [0.1, 0.15) is 38.1 Å². The minimum Gasteiger partial charge on any atom is -0.494 e. The molecule has 0 heterocycles. The van der Waals surface area contributed by atoms with Crippen molar-refractivity contribution >= 4 is 33.2 Å². The molecule has 0 aliphatic heterocycles. The van der Waals surface area contributed by atoms with Crippen LogP contribution < -0.4 is 19.7 Å². The van der Waals surface area contributed by atoms with E-state index in [1.807, 2.05) is 27.7 Å². The highest BCUT2D eigenvalue weighted by Gasteiger charge is 2.23. The number of carbonyl (C=O) groups excluding carboxylic acids is 2. The third kappa shape index (κ3) is 7.29. The molecule has 0 aromatic heterocycles. The van der Waals surface area contributed by atoms with Gasteiger partial charge in [0.1, 0.15) is 12.3 Å². The lowest BCUT2D eigenvalue weighted by Gasteiger charge is -2.23. The topological polar surface area (TPSA) is 105 Å². The number of sulfonamides is 1. The summed E-state index contributed by atoms with van der Waals surface area (Å²) in [7, 11) is -3.73. The number of benzene rings is 2. The maximum atomic E-state index is 12.7. The van der Waals surface area contributed by atoms with Gasteiger partial charge in [-0.05, 0) is 64.1 Å². The van der Waals surface area contributed by atoms with Crippen molar-refractivity contribution in [1.82, 2.24) is 5.32 Å². The van der Waals surface area contributed by atoms with E-state index in [4.69, 9.17) is 4.74 Å².